The number of sulfonamides is 1. The first kappa shape index (κ1) is 26.9. The van der Waals surface area contributed by atoms with Crippen LogP contribution in [0.25, 0.3) is 10.2 Å². The fraction of sp³-hybridized carbons (Fsp3) is 0.138. The van der Waals surface area contributed by atoms with Gasteiger partial charge in [0.2, 0.25) is 0 Å². The molecule has 0 atom stereocenters. The van der Waals surface area contributed by atoms with Gasteiger partial charge in [0.15, 0.2) is 5.13 Å². The van der Waals surface area contributed by atoms with Crippen molar-refractivity contribution in [3.8, 4) is 0 Å². The average Bonchev–Trinajstić information content (AvgIpc) is 3.40. The van der Waals surface area contributed by atoms with Crippen LogP contribution >= 0.6 is 23.1 Å². The second-order valence-electron chi connectivity index (χ2n) is 8.61. The number of carbonyl (C=O) groups excluding carboxylic acids is 1. The third-order valence-corrected chi connectivity index (χ3v) is 9.83. The number of amides is 1. The van der Waals surface area contributed by atoms with E-state index in [0.717, 1.165) is 20.7 Å². The monoisotopic (exact) mass is 574 g/mol. The molecular formula is C29H26N4O3S3. The number of rotatable bonds is 9. The van der Waals surface area contributed by atoms with Crippen molar-refractivity contribution in [2.75, 3.05) is 22.0 Å². The van der Waals surface area contributed by atoms with E-state index in [2.05, 4.69) is 11.1 Å². The third kappa shape index (κ3) is 5.68. The molecule has 0 spiro atoms. The zero-order valence-corrected chi connectivity index (χ0v) is 23.8. The third-order valence-electron chi connectivity index (χ3n) is 6.14. The number of hydrogen-bond donors (Lipinski definition) is 0. The van der Waals surface area contributed by atoms with Crippen LogP contribution in [0, 0.1) is 0 Å². The molecule has 0 saturated heterocycles. The van der Waals surface area contributed by atoms with E-state index < -0.39 is 10.0 Å². The minimum atomic E-state index is -3.80. The molecule has 198 valence electrons. The Morgan fingerprint density at radius 2 is 1.74 bits per heavy atom. The van der Waals surface area contributed by atoms with Gasteiger partial charge in [-0.3, -0.25) is 19.0 Å². The first-order valence-electron chi connectivity index (χ1n) is 12.2. The highest BCUT2D eigenvalue weighted by Gasteiger charge is 2.26. The lowest BCUT2D eigenvalue weighted by Gasteiger charge is -2.23. The van der Waals surface area contributed by atoms with Crippen LogP contribution in [0.15, 0.2) is 107 Å². The lowest BCUT2D eigenvalue weighted by Crippen LogP contribution is -2.31. The number of pyridine rings is 1. The summed E-state index contributed by atoms with van der Waals surface area (Å²) in [4.78, 5) is 25.6. The molecule has 5 rings (SSSR count). The van der Waals surface area contributed by atoms with Gasteiger partial charge in [-0.1, -0.05) is 35.6 Å². The van der Waals surface area contributed by atoms with Gasteiger partial charge >= 0.3 is 0 Å². The highest BCUT2D eigenvalue weighted by molar-refractivity contribution is 7.98. The Hall–Kier alpha value is -3.73. The summed E-state index contributed by atoms with van der Waals surface area (Å²) in [5.41, 5.74) is 2.63. The molecule has 0 aliphatic heterocycles. The minimum absolute atomic E-state index is 0.119. The van der Waals surface area contributed by atoms with Crippen molar-refractivity contribution in [1.29, 1.82) is 0 Å². The van der Waals surface area contributed by atoms with Crippen LogP contribution < -0.4 is 9.21 Å². The summed E-state index contributed by atoms with van der Waals surface area (Å²) >= 11 is 3.10. The molecule has 0 saturated carbocycles. The SMILES string of the molecule is CCN(c1ccccc1)S(=O)(=O)c1ccc(C(=O)N(Cc2cccnc2)c2nc3ccc(SC)cc3s2)cc1. The average molecular weight is 575 g/mol. The topological polar surface area (TPSA) is 83.5 Å². The van der Waals surface area contributed by atoms with Gasteiger partial charge in [0.1, 0.15) is 0 Å². The number of anilines is 2. The number of thioether (sulfide) groups is 1. The maximum atomic E-state index is 13.8. The molecule has 7 nitrogen and oxygen atoms in total. The van der Waals surface area contributed by atoms with Crippen molar-refractivity contribution in [1.82, 2.24) is 9.97 Å². The van der Waals surface area contributed by atoms with Crippen LogP contribution in [0.1, 0.15) is 22.8 Å². The Morgan fingerprint density at radius 3 is 2.41 bits per heavy atom. The highest BCUT2D eigenvalue weighted by Crippen LogP contribution is 2.33. The zero-order valence-electron chi connectivity index (χ0n) is 21.4. The minimum Gasteiger partial charge on any atom is -0.279 e. The van der Waals surface area contributed by atoms with Crippen molar-refractivity contribution in [3.63, 3.8) is 0 Å². The van der Waals surface area contributed by atoms with E-state index in [1.807, 2.05) is 36.6 Å². The van der Waals surface area contributed by atoms with E-state index in [0.29, 0.717) is 16.4 Å². The van der Waals surface area contributed by atoms with Crippen LogP contribution in [0.2, 0.25) is 0 Å². The summed E-state index contributed by atoms with van der Waals surface area (Å²) in [6, 6.07) is 24.8. The summed E-state index contributed by atoms with van der Waals surface area (Å²) in [5, 5.41) is 0.565. The van der Waals surface area contributed by atoms with Gasteiger partial charge in [0, 0.05) is 29.4 Å². The van der Waals surface area contributed by atoms with E-state index in [1.165, 1.54) is 27.8 Å². The van der Waals surface area contributed by atoms with E-state index in [9.17, 15) is 13.2 Å². The Balaban J connectivity index is 1.48. The molecule has 0 aliphatic carbocycles. The van der Waals surface area contributed by atoms with Crippen LogP contribution in [0.4, 0.5) is 10.8 Å². The highest BCUT2D eigenvalue weighted by atomic mass is 32.2. The van der Waals surface area contributed by atoms with Crippen LogP contribution in [0.5, 0.6) is 0 Å². The number of thiazole rings is 1. The maximum Gasteiger partial charge on any atom is 0.264 e. The Labute approximate surface area is 236 Å². The van der Waals surface area contributed by atoms with E-state index in [4.69, 9.17) is 4.98 Å². The van der Waals surface area contributed by atoms with Gasteiger partial charge in [0.25, 0.3) is 15.9 Å². The second-order valence-corrected chi connectivity index (χ2v) is 12.4. The fourth-order valence-corrected chi connectivity index (χ4v) is 7.16. The molecule has 0 N–H and O–H groups in total. The molecule has 0 bridgehead atoms. The lowest BCUT2D eigenvalue weighted by molar-refractivity contribution is 0.0985. The normalized spacial score (nSPS) is 11.4. The van der Waals surface area contributed by atoms with Gasteiger partial charge in [0.05, 0.1) is 27.3 Å². The molecule has 0 fully saturated rings. The molecule has 3 aromatic carbocycles. The fourth-order valence-electron chi connectivity index (χ4n) is 4.17. The van der Waals surface area contributed by atoms with Crippen LogP contribution in [-0.2, 0) is 16.6 Å². The molecule has 0 unspecified atom stereocenters. The lowest BCUT2D eigenvalue weighted by atomic mass is 10.2. The van der Waals surface area contributed by atoms with E-state index >= 15 is 0 Å². The van der Waals surface area contributed by atoms with Gasteiger partial charge in [-0.25, -0.2) is 13.4 Å². The number of carbonyl (C=O) groups is 1. The van der Waals surface area contributed by atoms with Gasteiger partial charge in [-0.2, -0.15) is 0 Å². The smallest absolute Gasteiger partial charge is 0.264 e. The second kappa shape index (κ2) is 11.6. The molecular weight excluding hydrogens is 549 g/mol. The van der Waals surface area contributed by atoms with Gasteiger partial charge in [-0.15, -0.1) is 11.8 Å². The Morgan fingerprint density at radius 1 is 0.974 bits per heavy atom. The number of aromatic nitrogens is 2. The van der Waals surface area contributed by atoms with Crippen molar-refractivity contribution >= 4 is 60.1 Å². The van der Waals surface area contributed by atoms with Crippen molar-refractivity contribution in [2.24, 2.45) is 0 Å². The largest absolute Gasteiger partial charge is 0.279 e. The maximum absolute atomic E-state index is 13.8. The first-order valence-corrected chi connectivity index (χ1v) is 15.7. The first-order chi connectivity index (χ1) is 18.9. The zero-order chi connectivity index (χ0) is 27.4. The molecule has 1 amide bonds. The number of fused-ring (bicyclic) bond motifs is 1. The Bertz CT molecular complexity index is 1690. The number of nitrogens with zero attached hydrogens (tertiary/aromatic N) is 4. The summed E-state index contributed by atoms with van der Waals surface area (Å²) in [6.45, 7) is 2.35. The van der Waals surface area contributed by atoms with E-state index in [1.54, 1.807) is 72.4 Å². The number of benzene rings is 3. The van der Waals surface area contributed by atoms with Gasteiger partial charge in [-0.05, 0) is 79.4 Å². The summed E-state index contributed by atoms with van der Waals surface area (Å²) in [5.74, 6) is -0.276. The quantitative estimate of drug-likeness (QED) is 0.188. The van der Waals surface area contributed by atoms with Crippen LogP contribution in [-0.4, -0.2) is 37.1 Å². The van der Waals surface area contributed by atoms with Crippen molar-refractivity contribution < 1.29 is 13.2 Å². The molecule has 0 radical (unpaired) electrons. The predicted octanol–water partition coefficient (Wildman–Crippen LogP) is 6.48. The number of hydrogen-bond acceptors (Lipinski definition) is 7. The van der Waals surface area contributed by atoms with Crippen molar-refractivity contribution in [3.05, 3.63) is 108 Å². The molecule has 5 aromatic rings. The van der Waals surface area contributed by atoms with E-state index in [-0.39, 0.29) is 23.9 Å². The van der Waals surface area contributed by atoms with Crippen LogP contribution in [0.3, 0.4) is 0 Å². The summed E-state index contributed by atoms with van der Waals surface area (Å²) < 4.78 is 29.2. The molecule has 10 heteroatoms. The molecule has 0 aliphatic rings. The van der Waals surface area contributed by atoms with Crippen molar-refractivity contribution in [2.45, 2.75) is 23.3 Å². The standard InChI is InChI=1S/C29H26N4O3S3/c1-3-33(23-9-5-4-6-10-23)39(35,36)25-14-11-22(12-15-25)28(34)32(20-21-8-7-17-30-19-21)29-31-26-16-13-24(37-2)18-27(26)38-29/h4-19H,3,20H2,1-2H3. The summed E-state index contributed by atoms with van der Waals surface area (Å²) in [6.07, 6.45) is 5.42. The molecule has 2 aromatic heterocycles. The molecule has 2 heterocycles. The Kier molecular flexibility index (Phi) is 7.97. The molecule has 39 heavy (non-hydrogen) atoms. The number of para-hydroxylation sites is 1. The van der Waals surface area contributed by atoms with Gasteiger partial charge < -0.3 is 0 Å². The predicted molar refractivity (Wildman–Crippen MR) is 159 cm³/mol. The summed E-state index contributed by atoms with van der Waals surface area (Å²) in [7, 11) is -3.80.